The number of halogens is 6. The SMILES string of the molecule is O=C1OC(F)C(C(F)(F)C(F)(F)F)O1. The number of hydrogen-bond donors (Lipinski definition) is 0. The molecule has 0 spiro atoms. The van der Waals surface area contributed by atoms with Crippen LogP contribution in [0.15, 0.2) is 0 Å². The molecule has 1 saturated heterocycles. The summed E-state index contributed by atoms with van der Waals surface area (Å²) in [7, 11) is 0. The predicted octanol–water partition coefficient (Wildman–Crippen LogP) is 2.02. The highest BCUT2D eigenvalue weighted by atomic mass is 19.4. The largest absolute Gasteiger partial charge is 0.511 e. The van der Waals surface area contributed by atoms with Gasteiger partial charge < -0.3 is 9.47 Å². The minimum absolute atomic E-state index is 1.90. The number of hydrogen-bond acceptors (Lipinski definition) is 3. The van der Waals surface area contributed by atoms with Crippen molar-refractivity contribution in [2.24, 2.45) is 0 Å². The number of ether oxygens (including phenoxy) is 2. The first-order chi connectivity index (χ1) is 6.16. The van der Waals surface area contributed by atoms with Crippen molar-refractivity contribution in [2.75, 3.05) is 0 Å². The lowest BCUT2D eigenvalue weighted by Crippen LogP contribution is -2.50. The molecule has 3 nitrogen and oxygen atoms in total. The second-order valence-electron chi connectivity index (χ2n) is 2.38. The minimum atomic E-state index is -6.00. The highest BCUT2D eigenvalue weighted by Crippen LogP contribution is 2.43. The van der Waals surface area contributed by atoms with E-state index in [0.29, 0.717) is 0 Å². The molecule has 82 valence electrons. The van der Waals surface area contributed by atoms with Crippen LogP contribution in [0.4, 0.5) is 31.1 Å². The van der Waals surface area contributed by atoms with E-state index in [-0.39, 0.29) is 0 Å². The summed E-state index contributed by atoms with van der Waals surface area (Å²) in [5.74, 6) is -5.47. The summed E-state index contributed by atoms with van der Waals surface area (Å²) in [5, 5.41) is 0. The molecule has 0 aromatic heterocycles. The van der Waals surface area contributed by atoms with Gasteiger partial charge in [-0.15, -0.1) is 0 Å². The molecule has 1 aliphatic heterocycles. The van der Waals surface area contributed by atoms with E-state index < -0.39 is 30.7 Å². The number of rotatable bonds is 1. The van der Waals surface area contributed by atoms with Crippen molar-refractivity contribution in [3.8, 4) is 0 Å². The Morgan fingerprint density at radius 3 is 1.86 bits per heavy atom. The maximum atomic E-state index is 12.3. The van der Waals surface area contributed by atoms with E-state index in [1.54, 1.807) is 0 Å². The second-order valence-corrected chi connectivity index (χ2v) is 2.38. The average molecular weight is 224 g/mol. The van der Waals surface area contributed by atoms with E-state index in [9.17, 15) is 31.1 Å². The summed E-state index contributed by atoms with van der Waals surface area (Å²) in [6.07, 6.45) is -14.3. The molecular formula is C5H2F6O3. The first-order valence-corrected chi connectivity index (χ1v) is 3.12. The molecule has 0 saturated carbocycles. The standard InChI is InChI=1S/C5H2F6O3/c6-2-1(13-3(12)14-2)4(7,8)5(9,10)11/h1-2H. The Kier molecular flexibility index (Phi) is 2.28. The zero-order valence-corrected chi connectivity index (χ0v) is 6.15. The van der Waals surface area contributed by atoms with Gasteiger partial charge in [-0.1, -0.05) is 0 Å². The van der Waals surface area contributed by atoms with Crippen molar-refractivity contribution in [1.29, 1.82) is 0 Å². The molecule has 0 radical (unpaired) electrons. The van der Waals surface area contributed by atoms with Crippen molar-refractivity contribution in [3.63, 3.8) is 0 Å². The monoisotopic (exact) mass is 224 g/mol. The quantitative estimate of drug-likeness (QED) is 0.504. The maximum Gasteiger partial charge on any atom is 0.511 e. The highest BCUT2D eigenvalue weighted by Gasteiger charge is 2.69. The highest BCUT2D eigenvalue weighted by molar-refractivity contribution is 5.62. The Hall–Kier alpha value is -1.15. The van der Waals surface area contributed by atoms with Crippen LogP contribution in [0.3, 0.4) is 0 Å². The molecule has 0 aliphatic carbocycles. The first-order valence-electron chi connectivity index (χ1n) is 3.12. The third kappa shape index (κ3) is 1.58. The van der Waals surface area contributed by atoms with E-state index in [0.717, 1.165) is 0 Å². The van der Waals surface area contributed by atoms with Crippen LogP contribution >= 0.6 is 0 Å². The smallest absolute Gasteiger partial charge is 0.417 e. The zero-order valence-electron chi connectivity index (χ0n) is 6.15. The molecule has 1 heterocycles. The summed E-state index contributed by atoms with van der Waals surface area (Å²) in [6.45, 7) is 0. The summed E-state index contributed by atoms with van der Waals surface area (Å²) in [5.41, 5.74) is 0. The summed E-state index contributed by atoms with van der Waals surface area (Å²) >= 11 is 0. The molecule has 0 aromatic carbocycles. The lowest BCUT2D eigenvalue weighted by Gasteiger charge is -2.23. The van der Waals surface area contributed by atoms with Gasteiger partial charge in [-0.25, -0.2) is 4.79 Å². The normalized spacial score (nSPS) is 28.6. The molecule has 1 fully saturated rings. The molecule has 2 unspecified atom stereocenters. The van der Waals surface area contributed by atoms with E-state index in [1.807, 2.05) is 0 Å². The predicted molar refractivity (Wildman–Crippen MR) is 27.3 cm³/mol. The van der Waals surface area contributed by atoms with Gasteiger partial charge >= 0.3 is 18.3 Å². The van der Waals surface area contributed by atoms with Crippen LogP contribution in [-0.2, 0) is 9.47 Å². The van der Waals surface area contributed by atoms with Gasteiger partial charge in [0.1, 0.15) is 0 Å². The van der Waals surface area contributed by atoms with Crippen LogP contribution in [0.25, 0.3) is 0 Å². The number of carbonyl (C=O) groups is 1. The van der Waals surface area contributed by atoms with E-state index >= 15 is 0 Å². The molecule has 0 amide bonds. The second kappa shape index (κ2) is 2.92. The van der Waals surface area contributed by atoms with Crippen molar-refractivity contribution in [3.05, 3.63) is 0 Å². The molecule has 0 aromatic rings. The van der Waals surface area contributed by atoms with Gasteiger partial charge in [0.2, 0.25) is 6.10 Å². The Balaban J connectivity index is 2.88. The van der Waals surface area contributed by atoms with Gasteiger partial charge in [0.05, 0.1) is 0 Å². The van der Waals surface area contributed by atoms with Crippen LogP contribution in [0.1, 0.15) is 0 Å². The van der Waals surface area contributed by atoms with Crippen molar-refractivity contribution in [1.82, 2.24) is 0 Å². The molecule has 0 bridgehead atoms. The van der Waals surface area contributed by atoms with Gasteiger partial charge in [-0.2, -0.15) is 26.3 Å². The van der Waals surface area contributed by atoms with Crippen molar-refractivity contribution in [2.45, 2.75) is 24.6 Å². The van der Waals surface area contributed by atoms with Gasteiger partial charge in [0.15, 0.2) is 0 Å². The zero-order chi connectivity index (χ0) is 11.1. The van der Waals surface area contributed by atoms with Crippen molar-refractivity contribution < 1.29 is 40.6 Å². The van der Waals surface area contributed by atoms with E-state index in [2.05, 4.69) is 9.47 Å². The Labute approximate surface area is 72.6 Å². The summed E-state index contributed by atoms with van der Waals surface area (Å²) in [6, 6.07) is 0. The van der Waals surface area contributed by atoms with Crippen LogP contribution in [0, 0.1) is 0 Å². The van der Waals surface area contributed by atoms with E-state index in [1.165, 1.54) is 0 Å². The molecule has 1 rings (SSSR count). The molecule has 9 heteroatoms. The molecule has 14 heavy (non-hydrogen) atoms. The average Bonchev–Trinajstić information content (AvgIpc) is 2.27. The Morgan fingerprint density at radius 2 is 1.57 bits per heavy atom. The van der Waals surface area contributed by atoms with Crippen LogP contribution in [-0.4, -0.2) is 30.7 Å². The Bertz CT molecular complexity index is 248. The fourth-order valence-electron chi connectivity index (χ4n) is 0.739. The molecule has 2 atom stereocenters. The number of carbonyl (C=O) groups excluding carboxylic acids is 1. The number of cyclic esters (lactones) is 2. The van der Waals surface area contributed by atoms with Gasteiger partial charge in [0, 0.05) is 0 Å². The fourth-order valence-corrected chi connectivity index (χ4v) is 0.739. The molecular weight excluding hydrogens is 222 g/mol. The third-order valence-corrected chi connectivity index (χ3v) is 1.41. The van der Waals surface area contributed by atoms with E-state index in [4.69, 9.17) is 0 Å². The number of alkyl halides is 6. The minimum Gasteiger partial charge on any atom is -0.417 e. The summed E-state index contributed by atoms with van der Waals surface area (Å²) < 4.78 is 78.6. The lowest BCUT2D eigenvalue weighted by molar-refractivity contribution is -0.317. The summed E-state index contributed by atoms with van der Waals surface area (Å²) in [4.78, 5) is 10.1. The van der Waals surface area contributed by atoms with Crippen molar-refractivity contribution >= 4 is 6.16 Å². The first kappa shape index (κ1) is 10.9. The van der Waals surface area contributed by atoms with Crippen LogP contribution in [0.5, 0.6) is 0 Å². The van der Waals surface area contributed by atoms with Gasteiger partial charge in [-0.3, -0.25) is 0 Å². The molecule has 1 aliphatic rings. The van der Waals surface area contributed by atoms with Crippen LogP contribution in [0.2, 0.25) is 0 Å². The lowest BCUT2D eigenvalue weighted by atomic mass is 10.2. The van der Waals surface area contributed by atoms with Crippen LogP contribution < -0.4 is 0 Å². The molecule has 0 N–H and O–H groups in total. The fraction of sp³-hybridized carbons (Fsp3) is 0.800. The Morgan fingerprint density at radius 1 is 1.07 bits per heavy atom. The maximum absolute atomic E-state index is 12.3. The topological polar surface area (TPSA) is 35.5 Å². The third-order valence-electron chi connectivity index (χ3n) is 1.41. The van der Waals surface area contributed by atoms with Gasteiger partial charge in [0.25, 0.3) is 6.36 Å². The van der Waals surface area contributed by atoms with Gasteiger partial charge in [-0.05, 0) is 0 Å².